The van der Waals surface area contributed by atoms with Gasteiger partial charge in [-0.1, -0.05) is 11.6 Å². The third kappa shape index (κ3) is 3.96. The van der Waals surface area contributed by atoms with Gasteiger partial charge in [0, 0.05) is 42.1 Å². The van der Waals surface area contributed by atoms with E-state index in [0.717, 1.165) is 40.3 Å². The Kier molecular flexibility index (Phi) is 5.13. The fourth-order valence-electron chi connectivity index (χ4n) is 2.53. The van der Waals surface area contributed by atoms with Crippen LogP contribution < -0.4 is 10.2 Å². The lowest BCUT2D eigenvalue weighted by molar-refractivity contribution is 0.170. The van der Waals surface area contributed by atoms with E-state index in [1.165, 1.54) is 11.3 Å². The number of aromatic nitrogens is 1. The molecule has 7 heteroatoms. The average molecular weight is 344 g/mol. The summed E-state index contributed by atoms with van der Waals surface area (Å²) >= 11 is 9.03. The zero-order valence-electron chi connectivity index (χ0n) is 11.5. The fourth-order valence-corrected chi connectivity index (χ4v) is 4.28. The summed E-state index contributed by atoms with van der Waals surface area (Å²) in [6, 6.07) is 4.19. The Bertz CT molecular complexity index is 552. The van der Waals surface area contributed by atoms with E-state index in [2.05, 4.69) is 15.2 Å². The summed E-state index contributed by atoms with van der Waals surface area (Å²) in [7, 11) is 0. The van der Waals surface area contributed by atoms with Crippen LogP contribution in [0.5, 0.6) is 0 Å². The highest BCUT2D eigenvalue weighted by Gasteiger charge is 2.21. The van der Waals surface area contributed by atoms with Gasteiger partial charge in [-0.3, -0.25) is 0 Å². The number of rotatable bonds is 5. The van der Waals surface area contributed by atoms with Gasteiger partial charge < -0.3 is 15.3 Å². The Morgan fingerprint density at radius 2 is 2.24 bits per heavy atom. The molecule has 0 aliphatic carbocycles. The van der Waals surface area contributed by atoms with Crippen molar-refractivity contribution in [1.29, 1.82) is 0 Å². The molecule has 1 aliphatic heterocycles. The molecule has 0 aromatic carbocycles. The fraction of sp³-hybridized carbons (Fsp3) is 0.500. The molecule has 1 aliphatic rings. The van der Waals surface area contributed by atoms with Gasteiger partial charge in [0.25, 0.3) is 0 Å². The largest absolute Gasteiger partial charge is 0.386 e. The van der Waals surface area contributed by atoms with Crippen molar-refractivity contribution in [3.63, 3.8) is 0 Å². The van der Waals surface area contributed by atoms with Crippen molar-refractivity contribution >= 4 is 39.4 Å². The van der Waals surface area contributed by atoms with Crippen molar-refractivity contribution in [2.45, 2.75) is 25.0 Å². The molecular weight excluding hydrogens is 326 g/mol. The van der Waals surface area contributed by atoms with Gasteiger partial charge >= 0.3 is 0 Å². The normalized spacial score (nSPS) is 18.1. The molecule has 21 heavy (non-hydrogen) atoms. The number of thiazole rings is 1. The van der Waals surface area contributed by atoms with E-state index in [9.17, 15) is 5.11 Å². The summed E-state index contributed by atoms with van der Waals surface area (Å²) in [6.07, 6.45) is 3.54. The van der Waals surface area contributed by atoms with Crippen LogP contribution in [0.2, 0.25) is 4.34 Å². The number of aliphatic hydroxyl groups is 1. The maximum absolute atomic E-state index is 10.1. The molecule has 114 valence electrons. The maximum Gasteiger partial charge on any atom is 0.185 e. The summed E-state index contributed by atoms with van der Waals surface area (Å²) in [4.78, 5) is 7.61. The molecule has 1 atom stereocenters. The smallest absolute Gasteiger partial charge is 0.185 e. The van der Waals surface area contributed by atoms with E-state index in [1.54, 1.807) is 11.3 Å². The lowest BCUT2D eigenvalue weighted by Crippen LogP contribution is -2.43. The van der Waals surface area contributed by atoms with Gasteiger partial charge in [-0.2, -0.15) is 0 Å². The summed E-state index contributed by atoms with van der Waals surface area (Å²) in [5, 5.41) is 16.7. The van der Waals surface area contributed by atoms with Gasteiger partial charge in [0.15, 0.2) is 5.13 Å². The van der Waals surface area contributed by atoms with Crippen molar-refractivity contribution in [1.82, 2.24) is 10.3 Å². The van der Waals surface area contributed by atoms with E-state index >= 15 is 0 Å². The number of aliphatic hydroxyl groups excluding tert-OH is 1. The van der Waals surface area contributed by atoms with Crippen molar-refractivity contribution < 1.29 is 5.11 Å². The first-order valence-corrected chi connectivity index (χ1v) is 9.11. The average Bonchev–Trinajstić information content (AvgIpc) is 3.16. The second kappa shape index (κ2) is 7.07. The van der Waals surface area contributed by atoms with Crippen LogP contribution in [0.15, 0.2) is 23.7 Å². The number of thiophene rings is 1. The van der Waals surface area contributed by atoms with Crippen molar-refractivity contribution in [2.24, 2.45) is 0 Å². The second-order valence-electron chi connectivity index (χ2n) is 5.14. The quantitative estimate of drug-likeness (QED) is 0.875. The lowest BCUT2D eigenvalue weighted by Gasteiger charge is -2.32. The number of nitrogens with zero attached hydrogens (tertiary/aromatic N) is 2. The Labute approximate surface area is 137 Å². The zero-order chi connectivity index (χ0) is 14.7. The number of piperidine rings is 1. The van der Waals surface area contributed by atoms with Gasteiger partial charge in [0.05, 0.1) is 4.34 Å². The molecule has 4 nitrogen and oxygen atoms in total. The molecule has 2 aromatic heterocycles. The SMILES string of the molecule is O[C@@H](CNC1CCN(c2nccs2)CC1)c1ccc(Cl)s1. The Morgan fingerprint density at radius 1 is 1.43 bits per heavy atom. The maximum atomic E-state index is 10.1. The third-order valence-corrected chi connectivity index (χ3v) is 5.87. The Hall–Kier alpha value is -0.660. The minimum absolute atomic E-state index is 0.464. The number of anilines is 1. The van der Waals surface area contributed by atoms with Gasteiger partial charge in [0.1, 0.15) is 6.10 Å². The monoisotopic (exact) mass is 343 g/mol. The van der Waals surface area contributed by atoms with Crippen LogP contribution in [0.1, 0.15) is 23.8 Å². The van der Waals surface area contributed by atoms with Crippen LogP contribution in [-0.4, -0.2) is 35.8 Å². The van der Waals surface area contributed by atoms with Crippen LogP contribution in [0, 0.1) is 0 Å². The molecule has 0 amide bonds. The molecule has 0 bridgehead atoms. The molecule has 0 radical (unpaired) electrons. The van der Waals surface area contributed by atoms with Crippen LogP contribution in [-0.2, 0) is 0 Å². The molecular formula is C14H18ClN3OS2. The highest BCUT2D eigenvalue weighted by Crippen LogP contribution is 2.27. The van der Waals surface area contributed by atoms with Crippen molar-refractivity contribution in [2.75, 3.05) is 24.5 Å². The van der Waals surface area contributed by atoms with E-state index in [1.807, 2.05) is 23.7 Å². The topological polar surface area (TPSA) is 48.4 Å². The predicted molar refractivity (Wildman–Crippen MR) is 89.6 cm³/mol. The summed E-state index contributed by atoms with van der Waals surface area (Å²) in [5.74, 6) is 0. The molecule has 2 N–H and O–H groups in total. The van der Waals surface area contributed by atoms with E-state index in [-0.39, 0.29) is 0 Å². The van der Waals surface area contributed by atoms with Crippen LogP contribution in [0.3, 0.4) is 0 Å². The molecule has 3 heterocycles. The molecule has 1 saturated heterocycles. The minimum Gasteiger partial charge on any atom is -0.386 e. The first-order chi connectivity index (χ1) is 10.2. The van der Waals surface area contributed by atoms with Gasteiger partial charge in [-0.25, -0.2) is 4.98 Å². The zero-order valence-corrected chi connectivity index (χ0v) is 13.9. The van der Waals surface area contributed by atoms with Gasteiger partial charge in [0.2, 0.25) is 0 Å². The van der Waals surface area contributed by atoms with Crippen LogP contribution in [0.25, 0.3) is 0 Å². The van der Waals surface area contributed by atoms with Gasteiger partial charge in [-0.05, 0) is 25.0 Å². The molecule has 0 unspecified atom stereocenters. The third-order valence-electron chi connectivity index (χ3n) is 3.71. The molecule has 2 aromatic rings. The highest BCUT2D eigenvalue weighted by molar-refractivity contribution is 7.16. The number of hydrogen-bond donors (Lipinski definition) is 2. The molecule has 0 saturated carbocycles. The number of nitrogens with one attached hydrogen (secondary N) is 1. The Morgan fingerprint density at radius 3 is 2.86 bits per heavy atom. The van der Waals surface area contributed by atoms with Crippen molar-refractivity contribution in [3.8, 4) is 0 Å². The standard InChI is InChI=1S/C14H18ClN3OS2/c15-13-2-1-12(21-13)11(19)9-17-10-3-6-18(7-4-10)14-16-5-8-20-14/h1-2,5,8,10-11,17,19H,3-4,6-7,9H2/t11-/m0/s1. The molecule has 1 fully saturated rings. The highest BCUT2D eigenvalue weighted by atomic mass is 35.5. The van der Waals surface area contributed by atoms with E-state index in [4.69, 9.17) is 11.6 Å². The first kappa shape index (κ1) is 15.2. The molecule has 0 spiro atoms. The number of hydrogen-bond acceptors (Lipinski definition) is 6. The summed E-state index contributed by atoms with van der Waals surface area (Å²) in [6.45, 7) is 2.62. The lowest BCUT2D eigenvalue weighted by atomic mass is 10.1. The summed E-state index contributed by atoms with van der Waals surface area (Å²) in [5.41, 5.74) is 0. The van der Waals surface area contributed by atoms with Crippen molar-refractivity contribution in [3.05, 3.63) is 32.9 Å². The van der Waals surface area contributed by atoms with Gasteiger partial charge in [-0.15, -0.1) is 22.7 Å². The minimum atomic E-state index is -0.473. The van der Waals surface area contributed by atoms with Crippen LogP contribution >= 0.6 is 34.3 Å². The van der Waals surface area contributed by atoms with E-state index < -0.39 is 6.10 Å². The molecule has 3 rings (SSSR count). The Balaban J connectivity index is 1.43. The van der Waals surface area contributed by atoms with E-state index in [0.29, 0.717) is 12.6 Å². The first-order valence-electron chi connectivity index (χ1n) is 7.03. The predicted octanol–water partition coefficient (Wildman–Crippen LogP) is 3.15. The number of halogens is 1. The van der Waals surface area contributed by atoms with Crippen LogP contribution in [0.4, 0.5) is 5.13 Å². The summed E-state index contributed by atoms with van der Waals surface area (Å²) < 4.78 is 0.723. The second-order valence-corrected chi connectivity index (χ2v) is 7.76.